The van der Waals surface area contributed by atoms with E-state index < -0.39 is 6.17 Å². The van der Waals surface area contributed by atoms with E-state index in [9.17, 15) is 4.39 Å². The third kappa shape index (κ3) is 2.30. The number of aromatic nitrogens is 3. The summed E-state index contributed by atoms with van der Waals surface area (Å²) in [7, 11) is 0. The molecule has 0 unspecified atom stereocenters. The number of imidazole rings is 1. The van der Waals surface area contributed by atoms with Crippen LogP contribution in [0.4, 0.5) is 4.39 Å². The standard InChI is InChI=1S/C12H12BrFN4/c13-11-3-1-2-8(17-11)10-6-16-12(18-10)9-4-7(14)5-15-9/h1-3,6-7,9,15H,4-5H2,(H,16,18)/t7-,9+/m1/s1. The minimum absolute atomic E-state index is 0.0269. The summed E-state index contributed by atoms with van der Waals surface area (Å²) in [6.07, 6.45) is 1.42. The van der Waals surface area contributed by atoms with Crippen LogP contribution < -0.4 is 5.32 Å². The van der Waals surface area contributed by atoms with Crippen molar-refractivity contribution in [1.82, 2.24) is 20.3 Å². The minimum atomic E-state index is -0.785. The molecule has 2 atom stereocenters. The molecule has 2 aromatic rings. The number of nitrogens with zero attached hydrogens (tertiary/aromatic N) is 2. The van der Waals surface area contributed by atoms with Gasteiger partial charge in [-0.15, -0.1) is 0 Å². The molecular formula is C12H12BrFN4. The normalized spacial score (nSPS) is 23.4. The highest BCUT2D eigenvalue weighted by molar-refractivity contribution is 9.10. The van der Waals surface area contributed by atoms with Crippen LogP contribution in [-0.2, 0) is 0 Å². The quantitative estimate of drug-likeness (QED) is 0.838. The number of hydrogen-bond acceptors (Lipinski definition) is 3. The number of nitrogens with one attached hydrogen (secondary N) is 2. The largest absolute Gasteiger partial charge is 0.339 e. The van der Waals surface area contributed by atoms with E-state index in [4.69, 9.17) is 0 Å². The van der Waals surface area contributed by atoms with Crippen molar-refractivity contribution < 1.29 is 4.39 Å². The third-order valence-corrected chi connectivity index (χ3v) is 3.44. The Morgan fingerprint density at radius 3 is 3.00 bits per heavy atom. The second-order valence-electron chi connectivity index (χ2n) is 4.32. The highest BCUT2D eigenvalue weighted by Crippen LogP contribution is 2.25. The van der Waals surface area contributed by atoms with E-state index in [1.165, 1.54) is 0 Å². The molecule has 1 aliphatic heterocycles. The Balaban J connectivity index is 1.85. The predicted octanol–water partition coefficient (Wildman–Crippen LogP) is 2.61. The Labute approximate surface area is 112 Å². The lowest BCUT2D eigenvalue weighted by Gasteiger charge is -2.05. The molecule has 94 valence electrons. The van der Waals surface area contributed by atoms with E-state index in [0.717, 1.165) is 21.8 Å². The fraction of sp³-hybridized carbons (Fsp3) is 0.333. The molecule has 2 N–H and O–H groups in total. The van der Waals surface area contributed by atoms with Gasteiger partial charge in [-0.25, -0.2) is 14.4 Å². The highest BCUT2D eigenvalue weighted by atomic mass is 79.9. The summed E-state index contributed by atoms with van der Waals surface area (Å²) in [5, 5.41) is 3.10. The number of alkyl halides is 1. The summed E-state index contributed by atoms with van der Waals surface area (Å²) in [5.41, 5.74) is 1.66. The van der Waals surface area contributed by atoms with Gasteiger partial charge in [0.25, 0.3) is 0 Å². The second kappa shape index (κ2) is 4.78. The smallest absolute Gasteiger partial charge is 0.123 e. The van der Waals surface area contributed by atoms with Gasteiger partial charge < -0.3 is 10.3 Å². The molecule has 0 amide bonds. The van der Waals surface area contributed by atoms with Crippen molar-refractivity contribution in [3.63, 3.8) is 0 Å². The number of halogens is 2. The van der Waals surface area contributed by atoms with E-state index in [1.807, 2.05) is 18.2 Å². The van der Waals surface area contributed by atoms with Gasteiger partial charge in [-0.05, 0) is 28.1 Å². The zero-order valence-electron chi connectivity index (χ0n) is 9.53. The van der Waals surface area contributed by atoms with Crippen LogP contribution in [0, 0.1) is 0 Å². The Bertz CT molecular complexity index is 557. The molecule has 6 heteroatoms. The summed E-state index contributed by atoms with van der Waals surface area (Å²) in [6.45, 7) is 0.399. The van der Waals surface area contributed by atoms with Crippen LogP contribution in [-0.4, -0.2) is 27.7 Å². The molecule has 1 aliphatic rings. The molecule has 0 aliphatic carbocycles. The molecular weight excluding hydrogens is 299 g/mol. The Morgan fingerprint density at radius 2 is 2.28 bits per heavy atom. The molecule has 0 spiro atoms. The van der Waals surface area contributed by atoms with E-state index >= 15 is 0 Å². The van der Waals surface area contributed by atoms with Gasteiger partial charge >= 0.3 is 0 Å². The molecule has 3 heterocycles. The molecule has 0 radical (unpaired) electrons. The van der Waals surface area contributed by atoms with Gasteiger partial charge in [0, 0.05) is 13.0 Å². The number of pyridine rings is 1. The van der Waals surface area contributed by atoms with Crippen LogP contribution in [0.2, 0.25) is 0 Å². The first-order valence-corrected chi connectivity index (χ1v) is 6.57. The summed E-state index contributed by atoms with van der Waals surface area (Å²) in [5.74, 6) is 0.770. The fourth-order valence-electron chi connectivity index (χ4n) is 2.10. The van der Waals surface area contributed by atoms with Crippen LogP contribution in [0.15, 0.2) is 29.0 Å². The highest BCUT2D eigenvalue weighted by Gasteiger charge is 2.26. The molecule has 1 saturated heterocycles. The Kier molecular flexibility index (Phi) is 3.13. The van der Waals surface area contributed by atoms with Gasteiger partial charge in [-0.1, -0.05) is 6.07 Å². The Morgan fingerprint density at radius 1 is 1.39 bits per heavy atom. The topological polar surface area (TPSA) is 53.6 Å². The SMILES string of the molecule is F[C@H]1CN[C@H](c2ncc(-c3cccc(Br)n3)[nH]2)C1. The predicted molar refractivity (Wildman–Crippen MR) is 69.8 cm³/mol. The lowest BCUT2D eigenvalue weighted by Crippen LogP contribution is -2.14. The minimum Gasteiger partial charge on any atom is -0.339 e. The maximum Gasteiger partial charge on any atom is 0.123 e. The fourth-order valence-corrected chi connectivity index (χ4v) is 2.45. The van der Waals surface area contributed by atoms with Crippen LogP contribution in [0.1, 0.15) is 18.3 Å². The maximum atomic E-state index is 13.1. The Hall–Kier alpha value is -1.27. The van der Waals surface area contributed by atoms with Gasteiger partial charge in [0.1, 0.15) is 16.6 Å². The molecule has 2 aromatic heterocycles. The average molecular weight is 311 g/mol. The third-order valence-electron chi connectivity index (χ3n) is 2.99. The first kappa shape index (κ1) is 11.8. The monoisotopic (exact) mass is 310 g/mol. The molecule has 18 heavy (non-hydrogen) atoms. The van der Waals surface area contributed by atoms with Gasteiger partial charge in [0.15, 0.2) is 0 Å². The van der Waals surface area contributed by atoms with Crippen molar-refractivity contribution in [2.75, 3.05) is 6.54 Å². The zero-order chi connectivity index (χ0) is 12.5. The van der Waals surface area contributed by atoms with E-state index in [1.54, 1.807) is 6.20 Å². The summed E-state index contributed by atoms with van der Waals surface area (Å²) < 4.78 is 13.9. The summed E-state index contributed by atoms with van der Waals surface area (Å²) in [6, 6.07) is 5.66. The maximum absolute atomic E-state index is 13.1. The molecule has 0 bridgehead atoms. The number of aromatic amines is 1. The number of hydrogen-bond donors (Lipinski definition) is 2. The van der Waals surface area contributed by atoms with E-state index in [0.29, 0.717) is 13.0 Å². The first-order chi connectivity index (χ1) is 8.72. The van der Waals surface area contributed by atoms with Crippen molar-refractivity contribution >= 4 is 15.9 Å². The van der Waals surface area contributed by atoms with E-state index in [-0.39, 0.29) is 6.04 Å². The van der Waals surface area contributed by atoms with E-state index in [2.05, 4.69) is 36.2 Å². The van der Waals surface area contributed by atoms with Crippen LogP contribution >= 0.6 is 15.9 Å². The second-order valence-corrected chi connectivity index (χ2v) is 5.13. The average Bonchev–Trinajstić information content (AvgIpc) is 2.97. The van der Waals surface area contributed by atoms with Gasteiger partial charge in [0.05, 0.1) is 23.6 Å². The number of rotatable bonds is 2. The number of H-pyrrole nitrogens is 1. The molecule has 3 rings (SSSR count). The van der Waals surface area contributed by atoms with Crippen molar-refractivity contribution in [3.05, 3.63) is 34.8 Å². The lowest BCUT2D eigenvalue weighted by molar-refractivity contribution is 0.355. The molecule has 1 fully saturated rings. The molecule has 0 saturated carbocycles. The zero-order valence-corrected chi connectivity index (χ0v) is 11.1. The molecule has 4 nitrogen and oxygen atoms in total. The summed E-state index contributed by atoms with van der Waals surface area (Å²) in [4.78, 5) is 11.8. The van der Waals surface area contributed by atoms with Gasteiger partial charge in [0.2, 0.25) is 0 Å². The van der Waals surface area contributed by atoms with Crippen LogP contribution in [0.5, 0.6) is 0 Å². The first-order valence-electron chi connectivity index (χ1n) is 5.77. The van der Waals surface area contributed by atoms with Crippen LogP contribution in [0.3, 0.4) is 0 Å². The summed E-state index contributed by atoms with van der Waals surface area (Å²) >= 11 is 3.33. The van der Waals surface area contributed by atoms with Gasteiger partial charge in [-0.3, -0.25) is 0 Å². The van der Waals surface area contributed by atoms with Crippen molar-refractivity contribution in [2.24, 2.45) is 0 Å². The van der Waals surface area contributed by atoms with Crippen molar-refractivity contribution in [1.29, 1.82) is 0 Å². The van der Waals surface area contributed by atoms with Crippen molar-refractivity contribution in [3.8, 4) is 11.4 Å². The molecule has 0 aromatic carbocycles. The lowest BCUT2D eigenvalue weighted by atomic mass is 10.2. The van der Waals surface area contributed by atoms with Crippen LogP contribution in [0.25, 0.3) is 11.4 Å². The van der Waals surface area contributed by atoms with Gasteiger partial charge in [-0.2, -0.15) is 0 Å². The van der Waals surface area contributed by atoms with Crippen molar-refractivity contribution in [2.45, 2.75) is 18.6 Å².